The zero-order valence-corrected chi connectivity index (χ0v) is 16.7. The Morgan fingerprint density at radius 1 is 1.37 bits per heavy atom. The molecule has 140 valence electrons. The van der Waals surface area contributed by atoms with E-state index in [9.17, 15) is 13.2 Å². The molecule has 0 aliphatic carbocycles. The highest BCUT2D eigenvalue weighted by molar-refractivity contribution is 7.90. The maximum Gasteiger partial charge on any atom is 0.234 e. The van der Waals surface area contributed by atoms with Crippen molar-refractivity contribution in [3.05, 3.63) is 65.2 Å². The summed E-state index contributed by atoms with van der Waals surface area (Å²) in [5, 5.41) is 5.05. The van der Waals surface area contributed by atoms with E-state index in [2.05, 4.69) is 16.2 Å². The van der Waals surface area contributed by atoms with Gasteiger partial charge in [-0.1, -0.05) is 36.3 Å². The van der Waals surface area contributed by atoms with Crippen molar-refractivity contribution >= 4 is 32.2 Å². The fourth-order valence-corrected chi connectivity index (χ4v) is 3.56. The molecule has 0 aliphatic heterocycles. The smallest absolute Gasteiger partial charge is 0.234 e. The van der Waals surface area contributed by atoms with Crippen LogP contribution in [-0.4, -0.2) is 25.6 Å². The number of hydrogen-bond acceptors (Lipinski definition) is 5. The van der Waals surface area contributed by atoms with Gasteiger partial charge in [-0.3, -0.25) is 4.79 Å². The average molecular weight is 401 g/mol. The molecule has 2 aromatic rings. The van der Waals surface area contributed by atoms with Crippen LogP contribution < -0.4 is 5.32 Å². The van der Waals surface area contributed by atoms with E-state index in [-0.39, 0.29) is 10.8 Å². The van der Waals surface area contributed by atoms with E-state index in [1.54, 1.807) is 29.8 Å². The van der Waals surface area contributed by atoms with Crippen molar-refractivity contribution in [3.63, 3.8) is 0 Å². The third-order valence-electron chi connectivity index (χ3n) is 3.79. The van der Waals surface area contributed by atoms with Crippen molar-refractivity contribution in [3.8, 4) is 12.3 Å². The zero-order valence-electron chi connectivity index (χ0n) is 15.0. The number of nitrogens with zero attached hydrogens (tertiary/aromatic N) is 1. The quantitative estimate of drug-likeness (QED) is 0.567. The summed E-state index contributed by atoms with van der Waals surface area (Å²) < 4.78 is 23.3. The maximum absolute atomic E-state index is 12.8. The van der Waals surface area contributed by atoms with E-state index in [1.807, 2.05) is 19.1 Å². The van der Waals surface area contributed by atoms with Gasteiger partial charge in [0.1, 0.15) is 0 Å². The molecule has 2 rings (SSSR count). The van der Waals surface area contributed by atoms with E-state index in [0.29, 0.717) is 22.7 Å². The number of thiazole rings is 1. The molecule has 0 spiro atoms. The first-order valence-electron chi connectivity index (χ1n) is 8.14. The van der Waals surface area contributed by atoms with Gasteiger partial charge in [0.05, 0.1) is 10.8 Å². The lowest BCUT2D eigenvalue weighted by atomic mass is 9.91. The Hall–Kier alpha value is -2.69. The summed E-state index contributed by atoms with van der Waals surface area (Å²) in [5.74, 6) is 1.78. The first kappa shape index (κ1) is 20.6. The Balaban J connectivity index is 2.36. The van der Waals surface area contributed by atoms with Crippen molar-refractivity contribution in [1.82, 2.24) is 4.98 Å². The van der Waals surface area contributed by atoms with Crippen LogP contribution in [-0.2, 0) is 14.6 Å². The summed E-state index contributed by atoms with van der Waals surface area (Å²) in [6, 6.07) is 6.29. The largest absolute Gasteiger partial charge is 0.301 e. The highest BCUT2D eigenvalue weighted by atomic mass is 32.2. The number of benzene rings is 1. The number of rotatable bonds is 7. The summed E-state index contributed by atoms with van der Waals surface area (Å²) in [4.78, 5) is 17.1. The molecule has 0 fully saturated rings. The molecule has 5 nitrogen and oxygen atoms in total. The van der Waals surface area contributed by atoms with Gasteiger partial charge in [-0.25, -0.2) is 13.4 Å². The molecule has 1 atom stereocenters. The molecule has 1 N–H and O–H groups in total. The molecule has 0 saturated carbocycles. The van der Waals surface area contributed by atoms with E-state index in [1.165, 1.54) is 23.5 Å². The minimum atomic E-state index is -3.31. The van der Waals surface area contributed by atoms with E-state index in [0.717, 1.165) is 6.26 Å². The molecule has 0 radical (unpaired) electrons. The summed E-state index contributed by atoms with van der Waals surface area (Å²) in [7, 11) is -3.31. The minimum absolute atomic E-state index is 0.201. The number of anilines is 1. The standard InChI is InChI=1S/C20H20N2O3S2/c1-4-6-7-15(5-2)14-18(19(23)22-20-21-12-13-26-20)16-8-10-17(11-9-16)27(3,24)25/h2,4,6-13,18H,14H2,1,3H3,(H,21,22,23)/b6-4-,15-7+. The molecule has 1 aromatic heterocycles. The third kappa shape index (κ3) is 5.91. The second-order valence-electron chi connectivity index (χ2n) is 5.79. The topological polar surface area (TPSA) is 76.1 Å². The number of terminal acetylenes is 1. The lowest BCUT2D eigenvalue weighted by Crippen LogP contribution is -2.21. The Bertz CT molecular complexity index is 981. The summed E-state index contributed by atoms with van der Waals surface area (Å²) in [5.41, 5.74) is 1.35. The highest BCUT2D eigenvalue weighted by Crippen LogP contribution is 2.27. The molecule has 1 heterocycles. The molecule has 1 unspecified atom stereocenters. The van der Waals surface area contributed by atoms with Crippen LogP contribution in [0.4, 0.5) is 5.13 Å². The Kier molecular flexibility index (Phi) is 7.11. The second-order valence-corrected chi connectivity index (χ2v) is 8.70. The molecule has 7 heteroatoms. The van der Waals surface area contributed by atoms with Crippen molar-refractivity contribution < 1.29 is 13.2 Å². The van der Waals surface area contributed by atoms with Crippen LogP contribution >= 0.6 is 11.3 Å². The number of nitrogens with one attached hydrogen (secondary N) is 1. The van der Waals surface area contributed by atoms with Crippen LogP contribution in [0.3, 0.4) is 0 Å². The number of aromatic nitrogens is 1. The fraction of sp³-hybridized carbons (Fsp3) is 0.200. The van der Waals surface area contributed by atoms with Crippen molar-refractivity contribution in [1.29, 1.82) is 0 Å². The first-order chi connectivity index (χ1) is 12.8. The summed E-state index contributed by atoms with van der Waals surface area (Å²) in [6.07, 6.45) is 14.1. The number of hydrogen-bond donors (Lipinski definition) is 1. The fourth-order valence-electron chi connectivity index (χ4n) is 2.39. The molecule has 0 aliphatic rings. The average Bonchev–Trinajstić information content (AvgIpc) is 3.14. The predicted molar refractivity (Wildman–Crippen MR) is 109 cm³/mol. The molecular weight excluding hydrogens is 380 g/mol. The van der Waals surface area contributed by atoms with Crippen LogP contribution in [0, 0.1) is 12.3 Å². The number of amides is 1. The SMILES string of the molecule is C#C/C(=C\C=C/C)CC(C(=O)Nc1nccs1)c1ccc(S(C)(=O)=O)cc1. The van der Waals surface area contributed by atoms with Crippen LogP contribution in [0.5, 0.6) is 0 Å². The Labute approximate surface area is 163 Å². The molecule has 27 heavy (non-hydrogen) atoms. The lowest BCUT2D eigenvalue weighted by Gasteiger charge is -2.17. The van der Waals surface area contributed by atoms with Crippen molar-refractivity contribution in [2.75, 3.05) is 11.6 Å². The molecule has 0 saturated heterocycles. The maximum atomic E-state index is 12.8. The number of carbonyl (C=O) groups is 1. The van der Waals surface area contributed by atoms with Crippen LogP contribution in [0.2, 0.25) is 0 Å². The van der Waals surface area contributed by atoms with Crippen LogP contribution in [0.25, 0.3) is 0 Å². The molecule has 1 aromatic carbocycles. The van der Waals surface area contributed by atoms with Gasteiger partial charge in [-0.15, -0.1) is 17.8 Å². The third-order valence-corrected chi connectivity index (χ3v) is 5.61. The molecule has 0 bridgehead atoms. The van der Waals surface area contributed by atoms with Gasteiger partial charge in [0, 0.05) is 23.4 Å². The van der Waals surface area contributed by atoms with Gasteiger partial charge >= 0.3 is 0 Å². The molecular formula is C20H20N2O3S2. The van der Waals surface area contributed by atoms with E-state index in [4.69, 9.17) is 6.42 Å². The van der Waals surface area contributed by atoms with Crippen LogP contribution in [0.15, 0.2) is 64.5 Å². The number of allylic oxidation sites excluding steroid dienone is 4. The van der Waals surface area contributed by atoms with Crippen LogP contribution in [0.1, 0.15) is 24.8 Å². The number of carbonyl (C=O) groups excluding carboxylic acids is 1. The van der Waals surface area contributed by atoms with Crippen molar-refractivity contribution in [2.24, 2.45) is 0 Å². The number of sulfone groups is 1. The van der Waals surface area contributed by atoms with Gasteiger partial charge in [0.15, 0.2) is 15.0 Å². The van der Waals surface area contributed by atoms with Gasteiger partial charge in [0.2, 0.25) is 5.91 Å². The second kappa shape index (κ2) is 9.31. The Morgan fingerprint density at radius 3 is 2.59 bits per heavy atom. The van der Waals surface area contributed by atoms with E-state index < -0.39 is 15.8 Å². The van der Waals surface area contributed by atoms with E-state index >= 15 is 0 Å². The van der Waals surface area contributed by atoms with Gasteiger partial charge in [0.25, 0.3) is 0 Å². The summed E-state index contributed by atoms with van der Waals surface area (Å²) in [6.45, 7) is 1.88. The zero-order chi connectivity index (χ0) is 19.9. The lowest BCUT2D eigenvalue weighted by molar-refractivity contribution is -0.117. The van der Waals surface area contributed by atoms with Crippen molar-refractivity contribution in [2.45, 2.75) is 24.2 Å². The highest BCUT2D eigenvalue weighted by Gasteiger charge is 2.23. The summed E-state index contributed by atoms with van der Waals surface area (Å²) >= 11 is 1.32. The minimum Gasteiger partial charge on any atom is -0.301 e. The van der Waals surface area contributed by atoms with Gasteiger partial charge in [-0.2, -0.15) is 0 Å². The normalized spacial score (nSPS) is 13.3. The van der Waals surface area contributed by atoms with Gasteiger partial charge in [-0.05, 0) is 31.0 Å². The Morgan fingerprint density at radius 2 is 2.07 bits per heavy atom. The predicted octanol–water partition coefficient (Wildman–Crippen LogP) is 3.79. The van der Waals surface area contributed by atoms with Gasteiger partial charge < -0.3 is 5.32 Å². The monoisotopic (exact) mass is 400 g/mol. The first-order valence-corrected chi connectivity index (χ1v) is 10.9. The molecule has 1 amide bonds.